The number of aromatic nitrogens is 1. The molecule has 0 aliphatic rings. The highest BCUT2D eigenvalue weighted by Gasteiger charge is 2.34. The number of nitrogens with zero attached hydrogens (tertiary/aromatic N) is 3. The molecule has 7 nitrogen and oxygen atoms in total. The van der Waals surface area contributed by atoms with Gasteiger partial charge in [0, 0.05) is 44.6 Å². The lowest BCUT2D eigenvalue weighted by Crippen LogP contribution is -2.49. The summed E-state index contributed by atoms with van der Waals surface area (Å²) in [6.07, 6.45) is 2.55. The van der Waals surface area contributed by atoms with E-state index < -0.39 is 16.1 Å². The molecule has 1 heterocycles. The van der Waals surface area contributed by atoms with E-state index in [9.17, 15) is 13.2 Å². The molecule has 3 rings (SSSR count). The Hall–Kier alpha value is -3.23. The fraction of sp³-hybridized carbons (Fsp3) is 0.250. The van der Waals surface area contributed by atoms with Crippen LogP contribution < -0.4 is 5.73 Å². The molecule has 32 heavy (non-hydrogen) atoms. The van der Waals surface area contributed by atoms with Crippen LogP contribution in [0.5, 0.6) is 0 Å². The number of hydrogen-bond acceptors (Lipinski definition) is 5. The van der Waals surface area contributed by atoms with Gasteiger partial charge in [0.25, 0.3) is 0 Å². The summed E-state index contributed by atoms with van der Waals surface area (Å²) in [6, 6.07) is 20.1. The number of sulfonamides is 1. The van der Waals surface area contributed by atoms with Crippen molar-refractivity contribution in [3.05, 3.63) is 90.3 Å². The molecule has 0 aliphatic carbocycles. The fourth-order valence-corrected chi connectivity index (χ4v) is 4.69. The maximum absolute atomic E-state index is 13.4. The third-order valence-corrected chi connectivity index (χ3v) is 7.24. The average molecular weight is 453 g/mol. The molecule has 1 aromatic heterocycles. The number of amides is 1. The largest absolute Gasteiger partial charge is 0.399 e. The van der Waals surface area contributed by atoms with Crippen LogP contribution in [0, 0.1) is 0 Å². The number of carbonyl (C=O) groups excluding carboxylic acids is 1. The zero-order chi connectivity index (χ0) is 23.1. The topological polar surface area (TPSA) is 96.6 Å². The summed E-state index contributed by atoms with van der Waals surface area (Å²) in [5, 5.41) is 0. The molecule has 1 atom stereocenters. The zero-order valence-electron chi connectivity index (χ0n) is 18.3. The van der Waals surface area contributed by atoms with Crippen LogP contribution >= 0.6 is 0 Å². The van der Waals surface area contributed by atoms with Crippen molar-refractivity contribution in [2.45, 2.75) is 23.8 Å². The number of carbonyl (C=O) groups is 1. The predicted octanol–water partition coefficient (Wildman–Crippen LogP) is 2.60. The second-order valence-corrected chi connectivity index (χ2v) is 9.62. The second-order valence-electron chi connectivity index (χ2n) is 7.63. The van der Waals surface area contributed by atoms with Crippen molar-refractivity contribution >= 4 is 21.6 Å². The number of pyridine rings is 1. The molecule has 168 valence electrons. The van der Waals surface area contributed by atoms with Crippen LogP contribution in [0.25, 0.3) is 0 Å². The van der Waals surface area contributed by atoms with Crippen molar-refractivity contribution in [1.29, 1.82) is 0 Å². The minimum Gasteiger partial charge on any atom is -0.399 e. The Balaban J connectivity index is 1.85. The number of nitrogens with two attached hydrogens (primary N) is 1. The number of anilines is 1. The molecule has 3 aromatic rings. The number of benzene rings is 2. The zero-order valence-corrected chi connectivity index (χ0v) is 19.1. The van der Waals surface area contributed by atoms with Crippen LogP contribution in [0.4, 0.5) is 5.69 Å². The van der Waals surface area contributed by atoms with E-state index >= 15 is 0 Å². The Morgan fingerprint density at radius 3 is 2.25 bits per heavy atom. The summed E-state index contributed by atoms with van der Waals surface area (Å²) in [5.74, 6) is -0.272. The molecule has 0 spiro atoms. The van der Waals surface area contributed by atoms with Crippen LogP contribution in [0.2, 0.25) is 0 Å². The first-order valence-electron chi connectivity index (χ1n) is 10.3. The summed E-state index contributed by atoms with van der Waals surface area (Å²) in [4.78, 5) is 19.4. The Bertz CT molecular complexity index is 1120. The van der Waals surface area contributed by atoms with E-state index in [2.05, 4.69) is 4.98 Å². The van der Waals surface area contributed by atoms with Gasteiger partial charge < -0.3 is 10.6 Å². The van der Waals surface area contributed by atoms with Gasteiger partial charge in [-0.1, -0.05) is 36.4 Å². The Morgan fingerprint density at radius 1 is 0.969 bits per heavy atom. The van der Waals surface area contributed by atoms with E-state index in [4.69, 9.17) is 5.73 Å². The lowest BCUT2D eigenvalue weighted by molar-refractivity contribution is -0.133. The highest BCUT2D eigenvalue weighted by Crippen LogP contribution is 2.21. The maximum atomic E-state index is 13.4. The Kier molecular flexibility index (Phi) is 7.61. The molecule has 0 bridgehead atoms. The van der Waals surface area contributed by atoms with Gasteiger partial charge in [-0.2, -0.15) is 4.31 Å². The van der Waals surface area contributed by atoms with Crippen molar-refractivity contribution in [3.63, 3.8) is 0 Å². The van der Waals surface area contributed by atoms with Crippen LogP contribution in [-0.4, -0.2) is 55.2 Å². The van der Waals surface area contributed by atoms with Gasteiger partial charge in [0.15, 0.2) is 0 Å². The van der Waals surface area contributed by atoms with Crippen molar-refractivity contribution < 1.29 is 13.2 Å². The molecule has 0 fully saturated rings. The molecule has 0 aliphatic heterocycles. The second kappa shape index (κ2) is 10.4. The van der Waals surface area contributed by atoms with Crippen molar-refractivity contribution in [3.8, 4) is 0 Å². The molecule has 0 saturated carbocycles. The molecule has 0 saturated heterocycles. The number of nitrogen functional groups attached to an aromatic ring is 1. The summed E-state index contributed by atoms with van der Waals surface area (Å²) in [7, 11) is -0.767. The van der Waals surface area contributed by atoms with Crippen LogP contribution in [0.15, 0.2) is 83.9 Å². The van der Waals surface area contributed by atoms with Gasteiger partial charge >= 0.3 is 0 Å². The lowest BCUT2D eigenvalue weighted by atomic mass is 10.0. The summed E-state index contributed by atoms with van der Waals surface area (Å²) in [6.45, 7) is 0.427. The number of likely N-dealkylation sites (N-methyl/N-ethyl adjacent to an activating group) is 2. The van der Waals surface area contributed by atoms with Crippen LogP contribution in [0.1, 0.15) is 11.3 Å². The summed E-state index contributed by atoms with van der Waals surface area (Å²) in [5.41, 5.74) is 7.92. The molecule has 2 N–H and O–H groups in total. The molecule has 8 heteroatoms. The van der Waals surface area contributed by atoms with E-state index in [1.54, 1.807) is 18.1 Å². The lowest BCUT2D eigenvalue weighted by Gasteiger charge is -2.30. The fourth-order valence-electron chi connectivity index (χ4n) is 3.38. The SMILES string of the molecule is CN(CCc1ccccn1)C(=O)C(Cc1ccccc1)N(C)S(=O)(=O)c1ccc(N)cc1. The van der Waals surface area contributed by atoms with Gasteiger partial charge in [-0.3, -0.25) is 9.78 Å². The van der Waals surface area contributed by atoms with Gasteiger partial charge in [0.05, 0.1) is 4.90 Å². The van der Waals surface area contributed by atoms with Crippen molar-refractivity contribution in [2.24, 2.45) is 0 Å². The first-order chi connectivity index (χ1) is 15.3. The van der Waals surface area contributed by atoms with Gasteiger partial charge in [-0.15, -0.1) is 0 Å². The highest BCUT2D eigenvalue weighted by atomic mass is 32.2. The maximum Gasteiger partial charge on any atom is 0.243 e. The van der Waals surface area contributed by atoms with Crippen molar-refractivity contribution in [2.75, 3.05) is 26.4 Å². The minimum absolute atomic E-state index is 0.0937. The average Bonchev–Trinajstić information content (AvgIpc) is 2.81. The molecular weight excluding hydrogens is 424 g/mol. The van der Waals surface area contributed by atoms with Crippen LogP contribution in [-0.2, 0) is 27.7 Å². The van der Waals surface area contributed by atoms with E-state index in [0.29, 0.717) is 18.7 Å². The normalized spacial score (nSPS) is 12.5. The summed E-state index contributed by atoms with van der Waals surface area (Å²) < 4.78 is 27.7. The van der Waals surface area contributed by atoms with Gasteiger partial charge in [0.1, 0.15) is 6.04 Å². The minimum atomic E-state index is -3.90. The first kappa shape index (κ1) is 23.4. The quantitative estimate of drug-likeness (QED) is 0.504. The van der Waals surface area contributed by atoms with E-state index in [-0.39, 0.29) is 17.2 Å². The van der Waals surface area contributed by atoms with Crippen molar-refractivity contribution in [1.82, 2.24) is 14.2 Å². The van der Waals surface area contributed by atoms with Gasteiger partial charge in [-0.05, 0) is 48.4 Å². The van der Waals surface area contributed by atoms with E-state index in [0.717, 1.165) is 15.6 Å². The van der Waals surface area contributed by atoms with Crippen LogP contribution in [0.3, 0.4) is 0 Å². The van der Waals surface area contributed by atoms with Gasteiger partial charge in [-0.25, -0.2) is 8.42 Å². The Labute approximate surface area is 189 Å². The number of rotatable bonds is 9. The Morgan fingerprint density at radius 2 is 1.62 bits per heavy atom. The third kappa shape index (κ3) is 5.72. The van der Waals surface area contributed by atoms with Gasteiger partial charge in [0.2, 0.25) is 15.9 Å². The molecule has 1 amide bonds. The van der Waals surface area contributed by atoms with E-state index in [1.165, 1.54) is 31.3 Å². The van der Waals surface area contributed by atoms with E-state index in [1.807, 2.05) is 48.5 Å². The molecule has 2 aromatic carbocycles. The standard InChI is InChI=1S/C24H28N4O3S/c1-27(17-15-21-10-6-7-16-26-21)24(29)23(18-19-8-4-3-5-9-19)28(2)32(30,31)22-13-11-20(25)12-14-22/h3-14,16,23H,15,17-18,25H2,1-2H3. The third-order valence-electron chi connectivity index (χ3n) is 5.36. The molecular formula is C24H28N4O3S. The smallest absolute Gasteiger partial charge is 0.243 e. The first-order valence-corrected chi connectivity index (χ1v) is 11.8. The monoisotopic (exact) mass is 452 g/mol. The molecule has 0 radical (unpaired) electrons. The number of hydrogen-bond donors (Lipinski definition) is 1. The molecule has 1 unspecified atom stereocenters. The highest BCUT2D eigenvalue weighted by molar-refractivity contribution is 7.89. The summed E-state index contributed by atoms with van der Waals surface area (Å²) >= 11 is 0. The predicted molar refractivity (Wildman–Crippen MR) is 125 cm³/mol.